The molecule has 2 fully saturated rings. The van der Waals surface area contributed by atoms with Gasteiger partial charge in [0.15, 0.2) is 0 Å². The Hall–Kier alpha value is -2.22. The molecular formula is C22H30N4O3S. The van der Waals surface area contributed by atoms with Crippen molar-refractivity contribution in [1.82, 2.24) is 15.5 Å². The maximum Gasteiger partial charge on any atom is 0.317 e. The number of carbonyl (C=O) groups excluding carboxylic acids is 3. The van der Waals surface area contributed by atoms with E-state index in [1.54, 1.807) is 17.8 Å². The summed E-state index contributed by atoms with van der Waals surface area (Å²) >= 11 is 1.63. The largest absolute Gasteiger partial charge is 0.349 e. The molecule has 0 atom stereocenters. The van der Waals surface area contributed by atoms with Gasteiger partial charge in [0.25, 0.3) is 5.91 Å². The van der Waals surface area contributed by atoms with Crippen LogP contribution in [0.25, 0.3) is 0 Å². The van der Waals surface area contributed by atoms with E-state index in [4.69, 9.17) is 0 Å². The molecule has 162 valence electrons. The Kier molecular flexibility index (Phi) is 6.82. The van der Waals surface area contributed by atoms with E-state index in [1.807, 2.05) is 17.0 Å². The zero-order valence-electron chi connectivity index (χ0n) is 17.2. The molecule has 0 radical (unpaired) electrons. The summed E-state index contributed by atoms with van der Waals surface area (Å²) in [7, 11) is 0. The lowest BCUT2D eigenvalue weighted by Gasteiger charge is -2.34. The minimum absolute atomic E-state index is 0.0160. The van der Waals surface area contributed by atoms with Gasteiger partial charge in [-0.3, -0.25) is 9.59 Å². The van der Waals surface area contributed by atoms with E-state index in [0.717, 1.165) is 36.3 Å². The molecular weight excluding hydrogens is 400 g/mol. The van der Waals surface area contributed by atoms with E-state index < -0.39 is 0 Å². The van der Waals surface area contributed by atoms with Crippen molar-refractivity contribution in [3.05, 3.63) is 23.8 Å². The number of piperidine rings is 1. The quantitative estimate of drug-likeness (QED) is 0.686. The topological polar surface area (TPSA) is 90.5 Å². The number of nitrogens with zero attached hydrogens (tertiary/aromatic N) is 1. The summed E-state index contributed by atoms with van der Waals surface area (Å²) in [5, 5.41) is 9.15. The fourth-order valence-corrected chi connectivity index (χ4v) is 5.31. The Morgan fingerprint density at radius 2 is 1.73 bits per heavy atom. The number of benzene rings is 1. The molecule has 3 aliphatic rings. The highest BCUT2D eigenvalue weighted by Gasteiger charge is 2.26. The summed E-state index contributed by atoms with van der Waals surface area (Å²) in [5.74, 6) is 0.598. The van der Waals surface area contributed by atoms with Crippen molar-refractivity contribution in [2.45, 2.75) is 68.3 Å². The summed E-state index contributed by atoms with van der Waals surface area (Å²) in [5.41, 5.74) is 1.26. The van der Waals surface area contributed by atoms with Crippen molar-refractivity contribution in [2.24, 2.45) is 0 Å². The SMILES string of the molecule is O=C1CCSc2ccc(C(=O)NC3CCN(C(=O)NC4CCCCC4)CC3)cc2N1. The van der Waals surface area contributed by atoms with Gasteiger partial charge in [0.05, 0.1) is 5.69 Å². The number of hydrogen-bond acceptors (Lipinski definition) is 4. The predicted octanol–water partition coefficient (Wildman–Crippen LogP) is 3.36. The number of nitrogens with one attached hydrogen (secondary N) is 3. The standard InChI is InChI=1S/C22H30N4O3S/c27-20-10-13-30-19-7-6-15(14-18(19)25-20)21(28)23-17-8-11-26(12-9-17)22(29)24-16-4-2-1-3-5-16/h6-7,14,16-17H,1-5,8-13H2,(H,23,28)(H,24,29)(H,25,27). The first-order valence-corrected chi connectivity index (χ1v) is 12.0. The smallest absolute Gasteiger partial charge is 0.317 e. The van der Waals surface area contributed by atoms with E-state index >= 15 is 0 Å². The van der Waals surface area contributed by atoms with Crippen molar-refractivity contribution in [3.63, 3.8) is 0 Å². The second-order valence-corrected chi connectivity index (χ2v) is 9.51. The molecule has 4 amide bonds. The molecule has 30 heavy (non-hydrogen) atoms. The van der Waals surface area contributed by atoms with Crippen LogP contribution in [0.1, 0.15) is 61.7 Å². The Labute approximate surface area is 181 Å². The zero-order chi connectivity index (χ0) is 20.9. The summed E-state index contributed by atoms with van der Waals surface area (Å²) in [6, 6.07) is 5.87. The van der Waals surface area contributed by atoms with Gasteiger partial charge in [-0.1, -0.05) is 19.3 Å². The maximum absolute atomic E-state index is 12.7. The summed E-state index contributed by atoms with van der Waals surface area (Å²) in [4.78, 5) is 39.9. The number of thioether (sulfide) groups is 1. The lowest BCUT2D eigenvalue weighted by molar-refractivity contribution is -0.115. The van der Waals surface area contributed by atoms with E-state index in [2.05, 4.69) is 16.0 Å². The summed E-state index contributed by atoms with van der Waals surface area (Å²) < 4.78 is 0. The normalized spacial score (nSPS) is 20.7. The van der Waals surface area contributed by atoms with Crippen LogP contribution in [0.15, 0.2) is 23.1 Å². The van der Waals surface area contributed by atoms with Crippen LogP contribution in [-0.4, -0.2) is 53.7 Å². The molecule has 1 saturated carbocycles. The molecule has 1 aromatic rings. The third kappa shape index (κ3) is 5.28. The van der Waals surface area contributed by atoms with Crippen molar-refractivity contribution in [2.75, 3.05) is 24.2 Å². The monoisotopic (exact) mass is 430 g/mol. The molecule has 0 unspecified atom stereocenters. The zero-order valence-corrected chi connectivity index (χ0v) is 18.1. The number of carbonyl (C=O) groups is 3. The van der Waals surface area contributed by atoms with E-state index in [0.29, 0.717) is 36.8 Å². The van der Waals surface area contributed by atoms with E-state index in [9.17, 15) is 14.4 Å². The van der Waals surface area contributed by atoms with Crippen molar-refractivity contribution < 1.29 is 14.4 Å². The Bertz CT molecular complexity index is 802. The fourth-order valence-electron chi connectivity index (χ4n) is 4.37. The van der Waals surface area contributed by atoms with Crippen LogP contribution in [0.3, 0.4) is 0 Å². The van der Waals surface area contributed by atoms with Gasteiger partial charge in [-0.05, 0) is 43.9 Å². The first kappa shape index (κ1) is 21.0. The number of rotatable bonds is 3. The van der Waals surface area contributed by atoms with Gasteiger partial charge in [0.1, 0.15) is 0 Å². The number of amides is 4. The molecule has 1 aliphatic carbocycles. The van der Waals surface area contributed by atoms with Crippen LogP contribution in [0, 0.1) is 0 Å². The number of urea groups is 1. The van der Waals surface area contributed by atoms with Gasteiger partial charge < -0.3 is 20.9 Å². The lowest BCUT2D eigenvalue weighted by atomic mass is 9.95. The fraction of sp³-hybridized carbons (Fsp3) is 0.591. The minimum atomic E-state index is -0.133. The van der Waals surface area contributed by atoms with Gasteiger partial charge in [0, 0.05) is 47.8 Å². The van der Waals surface area contributed by atoms with Gasteiger partial charge in [0.2, 0.25) is 5.91 Å². The second-order valence-electron chi connectivity index (χ2n) is 8.38. The first-order chi connectivity index (χ1) is 14.6. The lowest BCUT2D eigenvalue weighted by Crippen LogP contribution is -2.51. The highest BCUT2D eigenvalue weighted by Crippen LogP contribution is 2.31. The number of fused-ring (bicyclic) bond motifs is 1. The van der Waals surface area contributed by atoms with Crippen LogP contribution in [0.5, 0.6) is 0 Å². The van der Waals surface area contributed by atoms with Crippen LogP contribution >= 0.6 is 11.8 Å². The minimum Gasteiger partial charge on any atom is -0.349 e. The van der Waals surface area contributed by atoms with Gasteiger partial charge >= 0.3 is 6.03 Å². The molecule has 2 aliphatic heterocycles. The first-order valence-electron chi connectivity index (χ1n) is 11.0. The summed E-state index contributed by atoms with van der Waals surface area (Å²) in [6.07, 6.45) is 7.81. The van der Waals surface area contributed by atoms with E-state index in [-0.39, 0.29) is 23.9 Å². The molecule has 2 heterocycles. The molecule has 0 spiro atoms. The second kappa shape index (κ2) is 9.73. The van der Waals surface area contributed by atoms with Gasteiger partial charge in [-0.2, -0.15) is 0 Å². The van der Waals surface area contributed by atoms with Crippen LogP contribution in [0.2, 0.25) is 0 Å². The Balaban J connectivity index is 1.27. The van der Waals surface area contributed by atoms with Crippen LogP contribution < -0.4 is 16.0 Å². The van der Waals surface area contributed by atoms with Gasteiger partial charge in [-0.15, -0.1) is 11.8 Å². The molecule has 7 nitrogen and oxygen atoms in total. The average molecular weight is 431 g/mol. The van der Waals surface area contributed by atoms with E-state index in [1.165, 1.54) is 19.3 Å². The summed E-state index contributed by atoms with van der Waals surface area (Å²) in [6.45, 7) is 1.31. The van der Waals surface area contributed by atoms with Crippen molar-refractivity contribution >= 4 is 35.3 Å². The number of likely N-dealkylation sites (tertiary alicyclic amines) is 1. The van der Waals surface area contributed by atoms with Crippen molar-refractivity contribution in [1.29, 1.82) is 0 Å². The average Bonchev–Trinajstić information content (AvgIpc) is 2.94. The molecule has 0 aromatic heterocycles. The predicted molar refractivity (Wildman–Crippen MR) is 118 cm³/mol. The maximum atomic E-state index is 12.7. The Morgan fingerprint density at radius 1 is 1.00 bits per heavy atom. The van der Waals surface area contributed by atoms with Gasteiger partial charge in [-0.25, -0.2) is 4.79 Å². The molecule has 0 bridgehead atoms. The highest BCUT2D eigenvalue weighted by atomic mass is 32.2. The Morgan fingerprint density at radius 3 is 2.50 bits per heavy atom. The molecule has 1 saturated heterocycles. The van der Waals surface area contributed by atoms with Crippen LogP contribution in [-0.2, 0) is 4.79 Å². The third-order valence-electron chi connectivity index (χ3n) is 6.15. The molecule has 3 N–H and O–H groups in total. The van der Waals surface area contributed by atoms with Crippen LogP contribution in [0.4, 0.5) is 10.5 Å². The number of anilines is 1. The highest BCUT2D eigenvalue weighted by molar-refractivity contribution is 7.99. The molecule has 4 rings (SSSR count). The molecule has 8 heteroatoms. The van der Waals surface area contributed by atoms with Crippen molar-refractivity contribution in [3.8, 4) is 0 Å². The molecule has 1 aromatic carbocycles. The third-order valence-corrected chi connectivity index (χ3v) is 7.23. The number of hydrogen-bond donors (Lipinski definition) is 3.